The lowest BCUT2D eigenvalue weighted by Crippen LogP contribution is -2.38. The van der Waals surface area contributed by atoms with Crippen LogP contribution in [0.15, 0.2) is 24.0 Å². The molecule has 0 saturated carbocycles. The summed E-state index contributed by atoms with van der Waals surface area (Å²) in [7, 11) is 0. The highest BCUT2D eigenvalue weighted by Crippen LogP contribution is 2.28. The van der Waals surface area contributed by atoms with E-state index in [4.69, 9.17) is 19.8 Å². The molecule has 3 N–H and O–H groups in total. The van der Waals surface area contributed by atoms with Crippen molar-refractivity contribution in [2.24, 2.45) is 0 Å². The zero-order valence-corrected chi connectivity index (χ0v) is 16.1. The standard InChI is InChI=1S/C13H18N4S.2C2H4O2/c1-2-11-7-12(3-4-14-11)17-6-5-15-13(17)10-8-16-18-9-10;2*1-2(3)4/h5-6,8-9,11-12,14H,2-4,7H2,1H3;2*1H3,(H,3,4)/t11-,12-;;/m1../s1. The van der Waals surface area contributed by atoms with Crippen LogP contribution in [0.3, 0.4) is 0 Å². The van der Waals surface area contributed by atoms with Crippen LogP contribution in [0.5, 0.6) is 0 Å². The zero-order valence-electron chi connectivity index (χ0n) is 15.3. The normalized spacial score (nSPS) is 18.7. The second-order valence-electron chi connectivity index (χ2n) is 5.85. The maximum Gasteiger partial charge on any atom is 0.300 e. The minimum absolute atomic E-state index is 0.564. The molecule has 2 atom stereocenters. The average molecular weight is 382 g/mol. The quantitative estimate of drug-likeness (QED) is 0.747. The molecule has 0 unspecified atom stereocenters. The number of hydrogen-bond donors (Lipinski definition) is 3. The minimum Gasteiger partial charge on any atom is -0.481 e. The Morgan fingerprint density at radius 1 is 1.35 bits per heavy atom. The summed E-state index contributed by atoms with van der Waals surface area (Å²) in [5.41, 5.74) is 1.14. The van der Waals surface area contributed by atoms with Crippen LogP contribution >= 0.6 is 11.5 Å². The van der Waals surface area contributed by atoms with Gasteiger partial charge >= 0.3 is 0 Å². The van der Waals surface area contributed by atoms with Crippen LogP contribution in [0.1, 0.15) is 46.1 Å². The van der Waals surface area contributed by atoms with Crippen molar-refractivity contribution in [3.8, 4) is 11.4 Å². The van der Waals surface area contributed by atoms with Gasteiger partial charge in [-0.05, 0) is 37.3 Å². The van der Waals surface area contributed by atoms with E-state index in [0.717, 1.165) is 31.8 Å². The fourth-order valence-corrected chi connectivity index (χ4v) is 3.21. The van der Waals surface area contributed by atoms with Crippen molar-refractivity contribution in [3.05, 3.63) is 24.0 Å². The summed E-state index contributed by atoms with van der Waals surface area (Å²) in [5.74, 6) is -0.606. The fraction of sp³-hybridized carbons (Fsp3) is 0.529. The Hall–Kier alpha value is -2.26. The number of rotatable bonds is 3. The molecule has 2 aromatic heterocycles. The van der Waals surface area contributed by atoms with Crippen LogP contribution in [0.2, 0.25) is 0 Å². The van der Waals surface area contributed by atoms with Crippen LogP contribution in [-0.4, -0.2) is 48.7 Å². The van der Waals surface area contributed by atoms with Gasteiger partial charge in [-0.15, -0.1) is 0 Å². The highest BCUT2D eigenvalue weighted by atomic mass is 32.1. The molecule has 144 valence electrons. The summed E-state index contributed by atoms with van der Waals surface area (Å²) in [6, 6.07) is 1.20. The van der Waals surface area contributed by atoms with Crippen LogP contribution in [0.4, 0.5) is 0 Å². The molecule has 0 bridgehead atoms. The molecule has 3 rings (SSSR count). The van der Waals surface area contributed by atoms with Gasteiger partial charge in [-0.1, -0.05) is 6.92 Å². The molecule has 1 aliphatic heterocycles. The van der Waals surface area contributed by atoms with E-state index in [9.17, 15) is 0 Å². The molecule has 3 heterocycles. The van der Waals surface area contributed by atoms with Gasteiger partial charge in [0.05, 0.1) is 6.20 Å². The lowest BCUT2D eigenvalue weighted by Gasteiger charge is -2.31. The SMILES string of the molecule is CC(=O)O.CC(=O)O.CC[C@@H]1C[C@H](n2ccnc2-c2cnsc2)CCN1. The Bertz CT molecular complexity index is 652. The number of carboxylic acids is 2. The van der Waals surface area contributed by atoms with E-state index in [-0.39, 0.29) is 0 Å². The first-order chi connectivity index (χ1) is 12.3. The second-order valence-corrected chi connectivity index (χ2v) is 6.50. The lowest BCUT2D eigenvalue weighted by molar-refractivity contribution is -0.135. The zero-order chi connectivity index (χ0) is 19.5. The van der Waals surface area contributed by atoms with Crippen LogP contribution in [-0.2, 0) is 9.59 Å². The summed E-state index contributed by atoms with van der Waals surface area (Å²) < 4.78 is 6.50. The van der Waals surface area contributed by atoms with Gasteiger partial charge in [-0.25, -0.2) is 9.36 Å². The molecular weight excluding hydrogens is 356 g/mol. The molecule has 1 fully saturated rings. The number of nitrogens with one attached hydrogen (secondary N) is 1. The van der Waals surface area contributed by atoms with Crippen molar-refractivity contribution in [3.63, 3.8) is 0 Å². The van der Waals surface area contributed by atoms with E-state index in [2.05, 4.69) is 37.7 Å². The van der Waals surface area contributed by atoms with Crippen molar-refractivity contribution < 1.29 is 19.8 Å². The summed E-state index contributed by atoms with van der Waals surface area (Å²) in [4.78, 5) is 22.5. The van der Waals surface area contributed by atoms with E-state index in [1.165, 1.54) is 30.8 Å². The molecule has 0 aromatic carbocycles. The van der Waals surface area contributed by atoms with Gasteiger partial charge in [0.15, 0.2) is 0 Å². The molecule has 0 spiro atoms. The fourth-order valence-electron chi connectivity index (χ4n) is 2.69. The molecule has 26 heavy (non-hydrogen) atoms. The Kier molecular flexibility index (Phi) is 9.53. The van der Waals surface area contributed by atoms with Gasteiger partial charge in [0.1, 0.15) is 5.82 Å². The van der Waals surface area contributed by atoms with Gasteiger partial charge in [0, 0.05) is 49.3 Å². The van der Waals surface area contributed by atoms with Crippen LogP contribution in [0.25, 0.3) is 11.4 Å². The summed E-state index contributed by atoms with van der Waals surface area (Å²) in [6.07, 6.45) is 9.48. The summed E-state index contributed by atoms with van der Waals surface area (Å²) in [6.45, 7) is 5.51. The maximum atomic E-state index is 9.00. The van der Waals surface area contributed by atoms with Crippen molar-refractivity contribution in [1.29, 1.82) is 0 Å². The van der Waals surface area contributed by atoms with E-state index in [0.29, 0.717) is 12.1 Å². The molecular formula is C17H26N4O4S. The van der Waals surface area contributed by atoms with Gasteiger partial charge in [0.25, 0.3) is 11.9 Å². The van der Waals surface area contributed by atoms with E-state index in [1.54, 1.807) is 0 Å². The predicted molar refractivity (Wildman–Crippen MR) is 100 cm³/mol. The number of hydrogen-bond acceptors (Lipinski definition) is 6. The number of aliphatic carboxylic acids is 2. The molecule has 1 saturated heterocycles. The first-order valence-corrected chi connectivity index (χ1v) is 9.23. The van der Waals surface area contributed by atoms with Gasteiger partial charge in [-0.2, -0.15) is 0 Å². The van der Waals surface area contributed by atoms with Crippen molar-refractivity contribution >= 4 is 23.5 Å². The molecule has 2 aromatic rings. The maximum absolute atomic E-state index is 9.00. The summed E-state index contributed by atoms with van der Waals surface area (Å²) >= 11 is 1.48. The van der Waals surface area contributed by atoms with Gasteiger partial charge < -0.3 is 20.1 Å². The minimum atomic E-state index is -0.833. The van der Waals surface area contributed by atoms with E-state index in [1.807, 2.05) is 12.4 Å². The number of carboxylic acid groups (broad SMARTS) is 2. The van der Waals surface area contributed by atoms with Gasteiger partial charge in [-0.3, -0.25) is 9.59 Å². The Morgan fingerprint density at radius 2 is 2.00 bits per heavy atom. The second kappa shape index (κ2) is 11.4. The number of piperidine rings is 1. The molecule has 0 amide bonds. The van der Waals surface area contributed by atoms with Gasteiger partial charge in [0.2, 0.25) is 0 Å². The predicted octanol–water partition coefficient (Wildman–Crippen LogP) is 2.89. The summed E-state index contributed by atoms with van der Waals surface area (Å²) in [5, 5.41) is 20.5. The first-order valence-electron chi connectivity index (χ1n) is 8.40. The monoisotopic (exact) mass is 382 g/mol. The van der Waals surface area contributed by atoms with Crippen LogP contribution < -0.4 is 5.32 Å². The van der Waals surface area contributed by atoms with Crippen molar-refractivity contribution in [1.82, 2.24) is 19.2 Å². The number of imidazole rings is 1. The third kappa shape index (κ3) is 7.75. The lowest BCUT2D eigenvalue weighted by atomic mass is 9.97. The third-order valence-electron chi connectivity index (χ3n) is 3.71. The van der Waals surface area contributed by atoms with E-state index < -0.39 is 11.9 Å². The average Bonchev–Trinajstić information content (AvgIpc) is 3.24. The molecule has 8 nitrogen and oxygen atoms in total. The highest BCUT2D eigenvalue weighted by Gasteiger charge is 2.23. The number of carbonyl (C=O) groups is 2. The molecule has 0 radical (unpaired) electrons. The van der Waals surface area contributed by atoms with Crippen LogP contribution in [0, 0.1) is 0 Å². The Balaban J connectivity index is 0.000000360. The Labute approximate surface area is 157 Å². The largest absolute Gasteiger partial charge is 0.481 e. The van der Waals surface area contributed by atoms with Crippen molar-refractivity contribution in [2.75, 3.05) is 6.54 Å². The first kappa shape index (κ1) is 21.8. The number of nitrogens with zero attached hydrogens (tertiary/aromatic N) is 3. The number of aromatic nitrogens is 3. The topological polar surface area (TPSA) is 117 Å². The van der Waals surface area contributed by atoms with E-state index >= 15 is 0 Å². The van der Waals surface area contributed by atoms with Crippen molar-refractivity contribution in [2.45, 2.75) is 52.1 Å². The highest BCUT2D eigenvalue weighted by molar-refractivity contribution is 7.03. The molecule has 1 aliphatic rings. The smallest absolute Gasteiger partial charge is 0.300 e. The molecule has 0 aliphatic carbocycles. The molecule has 9 heteroatoms. The Morgan fingerprint density at radius 3 is 2.54 bits per heavy atom. The third-order valence-corrected chi connectivity index (χ3v) is 4.30.